The Bertz CT molecular complexity index is 743. The van der Waals surface area contributed by atoms with Crippen LogP contribution in [0.25, 0.3) is 0 Å². The first-order chi connectivity index (χ1) is 12.7. The van der Waals surface area contributed by atoms with Crippen LogP contribution in [0.1, 0.15) is 23.2 Å². The summed E-state index contributed by atoms with van der Waals surface area (Å²) in [5, 5.41) is 8.73. The van der Waals surface area contributed by atoms with Crippen LogP contribution in [0.2, 0.25) is 0 Å². The quantitative estimate of drug-likeness (QED) is 0.715. The summed E-state index contributed by atoms with van der Waals surface area (Å²) in [6.07, 6.45) is 2.12. The van der Waals surface area contributed by atoms with Crippen molar-refractivity contribution in [3.8, 4) is 0 Å². The summed E-state index contributed by atoms with van der Waals surface area (Å²) in [5.74, 6) is -0.343. The fourth-order valence-corrected chi connectivity index (χ4v) is 2.80. The van der Waals surface area contributed by atoms with Gasteiger partial charge in [0.25, 0.3) is 5.91 Å². The second kappa shape index (κ2) is 9.01. The summed E-state index contributed by atoms with van der Waals surface area (Å²) in [7, 11) is 0. The van der Waals surface area contributed by atoms with Crippen LogP contribution in [-0.4, -0.2) is 37.6 Å². The highest BCUT2D eigenvalue weighted by atomic mass is 16.5. The molecule has 1 saturated heterocycles. The van der Waals surface area contributed by atoms with E-state index in [-0.39, 0.29) is 24.5 Å². The number of para-hydroxylation sites is 1. The molecule has 1 heterocycles. The third kappa shape index (κ3) is 5.32. The molecule has 0 spiro atoms. The van der Waals surface area contributed by atoms with Gasteiger partial charge in [-0.1, -0.05) is 24.3 Å². The molecule has 1 aliphatic rings. The SMILES string of the molecule is O=C(CNc1ccccc1)Nc1cccc(C(=O)NCC2CCCO2)c1. The number of amides is 2. The lowest BCUT2D eigenvalue weighted by molar-refractivity contribution is -0.114. The third-order valence-corrected chi connectivity index (χ3v) is 4.15. The lowest BCUT2D eigenvalue weighted by atomic mass is 10.1. The van der Waals surface area contributed by atoms with E-state index in [2.05, 4.69) is 16.0 Å². The predicted octanol–water partition coefficient (Wildman–Crippen LogP) is 2.65. The zero-order valence-electron chi connectivity index (χ0n) is 14.5. The van der Waals surface area contributed by atoms with Gasteiger partial charge in [0.2, 0.25) is 5.91 Å². The van der Waals surface area contributed by atoms with Crippen molar-refractivity contribution in [3.63, 3.8) is 0 Å². The number of carbonyl (C=O) groups is 2. The summed E-state index contributed by atoms with van der Waals surface area (Å²) in [5.41, 5.74) is 1.98. The van der Waals surface area contributed by atoms with Gasteiger partial charge in [0.1, 0.15) is 0 Å². The summed E-state index contributed by atoms with van der Waals surface area (Å²) in [6, 6.07) is 16.4. The molecule has 0 saturated carbocycles. The lowest BCUT2D eigenvalue weighted by Gasteiger charge is -2.12. The van der Waals surface area contributed by atoms with E-state index in [9.17, 15) is 9.59 Å². The minimum atomic E-state index is -0.175. The average molecular weight is 353 g/mol. The normalized spacial score (nSPS) is 16.1. The number of anilines is 2. The van der Waals surface area contributed by atoms with Crippen LogP contribution in [0.4, 0.5) is 11.4 Å². The fraction of sp³-hybridized carbons (Fsp3) is 0.300. The maximum atomic E-state index is 12.3. The first kappa shape index (κ1) is 17.9. The van der Waals surface area contributed by atoms with Crippen LogP contribution in [0.15, 0.2) is 54.6 Å². The molecule has 0 aliphatic carbocycles. The van der Waals surface area contributed by atoms with Gasteiger partial charge in [-0.2, -0.15) is 0 Å². The molecule has 1 unspecified atom stereocenters. The zero-order valence-corrected chi connectivity index (χ0v) is 14.5. The van der Waals surface area contributed by atoms with Gasteiger partial charge < -0.3 is 20.7 Å². The van der Waals surface area contributed by atoms with Crippen LogP contribution >= 0.6 is 0 Å². The Morgan fingerprint density at radius 3 is 2.62 bits per heavy atom. The highest BCUT2D eigenvalue weighted by Crippen LogP contribution is 2.13. The van der Waals surface area contributed by atoms with E-state index in [0.29, 0.717) is 17.8 Å². The van der Waals surface area contributed by atoms with Crippen molar-refractivity contribution in [2.45, 2.75) is 18.9 Å². The zero-order chi connectivity index (χ0) is 18.2. The first-order valence-electron chi connectivity index (χ1n) is 8.79. The number of carbonyl (C=O) groups excluding carboxylic acids is 2. The summed E-state index contributed by atoms with van der Waals surface area (Å²) in [6.45, 7) is 1.43. The number of nitrogens with one attached hydrogen (secondary N) is 3. The molecule has 1 atom stereocenters. The predicted molar refractivity (Wildman–Crippen MR) is 101 cm³/mol. The molecular weight excluding hydrogens is 330 g/mol. The van der Waals surface area contributed by atoms with E-state index in [4.69, 9.17) is 4.74 Å². The van der Waals surface area contributed by atoms with E-state index in [1.54, 1.807) is 24.3 Å². The highest BCUT2D eigenvalue weighted by Gasteiger charge is 2.16. The Balaban J connectivity index is 1.49. The molecule has 3 rings (SSSR count). The fourth-order valence-electron chi connectivity index (χ4n) is 2.80. The van der Waals surface area contributed by atoms with Crippen molar-refractivity contribution in [1.82, 2.24) is 5.32 Å². The van der Waals surface area contributed by atoms with E-state index in [0.717, 1.165) is 25.1 Å². The van der Waals surface area contributed by atoms with E-state index in [1.807, 2.05) is 30.3 Å². The Hall–Kier alpha value is -2.86. The maximum absolute atomic E-state index is 12.3. The molecule has 0 radical (unpaired) electrons. The van der Waals surface area contributed by atoms with Gasteiger partial charge >= 0.3 is 0 Å². The van der Waals surface area contributed by atoms with E-state index >= 15 is 0 Å². The Morgan fingerprint density at radius 2 is 1.85 bits per heavy atom. The molecule has 2 amide bonds. The third-order valence-electron chi connectivity index (χ3n) is 4.15. The van der Waals surface area contributed by atoms with Gasteiger partial charge in [0.15, 0.2) is 0 Å². The van der Waals surface area contributed by atoms with Crippen molar-refractivity contribution in [2.75, 3.05) is 30.3 Å². The van der Waals surface area contributed by atoms with Gasteiger partial charge in [-0.05, 0) is 43.2 Å². The minimum absolute atomic E-state index is 0.103. The maximum Gasteiger partial charge on any atom is 0.251 e. The number of rotatable bonds is 7. The van der Waals surface area contributed by atoms with Crippen molar-refractivity contribution < 1.29 is 14.3 Å². The summed E-state index contributed by atoms with van der Waals surface area (Å²) in [4.78, 5) is 24.3. The number of hydrogen-bond donors (Lipinski definition) is 3. The van der Waals surface area contributed by atoms with Gasteiger partial charge in [-0.3, -0.25) is 9.59 Å². The second-order valence-electron chi connectivity index (χ2n) is 6.19. The van der Waals surface area contributed by atoms with Gasteiger partial charge in [0, 0.05) is 30.1 Å². The van der Waals surface area contributed by atoms with Gasteiger partial charge in [-0.25, -0.2) is 0 Å². The number of benzene rings is 2. The van der Waals surface area contributed by atoms with Gasteiger partial charge in [0.05, 0.1) is 12.6 Å². The molecule has 6 nitrogen and oxygen atoms in total. The van der Waals surface area contributed by atoms with Crippen LogP contribution in [0.3, 0.4) is 0 Å². The van der Waals surface area contributed by atoms with Gasteiger partial charge in [-0.15, -0.1) is 0 Å². The largest absolute Gasteiger partial charge is 0.376 e. The van der Waals surface area contributed by atoms with Crippen molar-refractivity contribution >= 4 is 23.2 Å². The smallest absolute Gasteiger partial charge is 0.251 e. The van der Waals surface area contributed by atoms with Crippen LogP contribution in [-0.2, 0) is 9.53 Å². The standard InChI is InChI=1S/C20H23N3O3/c24-19(14-21-16-7-2-1-3-8-16)23-17-9-4-6-15(12-17)20(25)22-13-18-10-5-11-26-18/h1-4,6-9,12,18,21H,5,10-11,13-14H2,(H,22,25)(H,23,24). The Morgan fingerprint density at radius 1 is 1.04 bits per heavy atom. The molecule has 26 heavy (non-hydrogen) atoms. The molecule has 2 aromatic rings. The molecular formula is C20H23N3O3. The molecule has 1 aliphatic heterocycles. The van der Waals surface area contributed by atoms with Crippen molar-refractivity contribution in [2.24, 2.45) is 0 Å². The Labute approximate surface area is 152 Å². The minimum Gasteiger partial charge on any atom is -0.376 e. The van der Waals surface area contributed by atoms with E-state index < -0.39 is 0 Å². The van der Waals surface area contributed by atoms with E-state index in [1.165, 1.54) is 0 Å². The van der Waals surface area contributed by atoms with Crippen LogP contribution in [0.5, 0.6) is 0 Å². The Kier molecular flexibility index (Phi) is 6.22. The molecule has 3 N–H and O–H groups in total. The monoisotopic (exact) mass is 353 g/mol. The molecule has 0 bridgehead atoms. The van der Waals surface area contributed by atoms with Crippen LogP contribution < -0.4 is 16.0 Å². The number of hydrogen-bond acceptors (Lipinski definition) is 4. The molecule has 2 aromatic carbocycles. The van der Waals surface area contributed by atoms with Crippen LogP contribution in [0, 0.1) is 0 Å². The summed E-state index contributed by atoms with van der Waals surface area (Å²) >= 11 is 0. The van der Waals surface area contributed by atoms with Crippen molar-refractivity contribution in [1.29, 1.82) is 0 Å². The second-order valence-corrected chi connectivity index (χ2v) is 6.19. The van der Waals surface area contributed by atoms with Crippen molar-refractivity contribution in [3.05, 3.63) is 60.2 Å². The molecule has 6 heteroatoms. The summed E-state index contributed by atoms with van der Waals surface area (Å²) < 4.78 is 5.50. The molecule has 1 fully saturated rings. The molecule has 136 valence electrons. The number of ether oxygens (including phenoxy) is 1. The highest BCUT2D eigenvalue weighted by molar-refractivity contribution is 5.98. The topological polar surface area (TPSA) is 79.5 Å². The molecule has 0 aromatic heterocycles. The first-order valence-corrected chi connectivity index (χ1v) is 8.79. The lowest BCUT2D eigenvalue weighted by Crippen LogP contribution is -2.31. The average Bonchev–Trinajstić information content (AvgIpc) is 3.19.